The van der Waals surface area contributed by atoms with Crippen LogP contribution in [0.4, 0.5) is 0 Å². The molecule has 4 rings (SSSR count). The van der Waals surface area contributed by atoms with Gasteiger partial charge in [0, 0.05) is 36.4 Å². The lowest BCUT2D eigenvalue weighted by Gasteiger charge is -2.28. The first-order valence-corrected chi connectivity index (χ1v) is 9.61. The molecule has 1 aliphatic rings. The maximum absolute atomic E-state index is 11.2. The third-order valence-electron chi connectivity index (χ3n) is 5.30. The zero-order valence-electron chi connectivity index (χ0n) is 16.6. The first kappa shape index (κ1) is 21.1. The standard InChI is InChI=1S/C20H22N4O3.CH2O2/c1-27-16-7-8-18(24-11-2-9-22-24)17(13-16)19-21-10-12-23(19)15-5-3-14(4-6-15)20(25)26;2-1-3/h2,7-15H,3-6H2,1H3,(H,25,26);1H,(H,2,3). The molecule has 0 spiro atoms. The zero-order valence-corrected chi connectivity index (χ0v) is 16.6. The summed E-state index contributed by atoms with van der Waals surface area (Å²) in [5, 5.41) is 20.5. The molecule has 1 saturated carbocycles. The molecular weight excluding hydrogens is 388 g/mol. The van der Waals surface area contributed by atoms with Crippen molar-refractivity contribution in [3.63, 3.8) is 0 Å². The molecule has 0 unspecified atom stereocenters. The van der Waals surface area contributed by atoms with Crippen LogP contribution < -0.4 is 4.74 Å². The molecule has 3 aromatic rings. The Morgan fingerprint density at radius 3 is 2.53 bits per heavy atom. The van der Waals surface area contributed by atoms with E-state index in [1.165, 1.54) is 0 Å². The van der Waals surface area contributed by atoms with Crippen molar-refractivity contribution in [3.8, 4) is 22.8 Å². The van der Waals surface area contributed by atoms with E-state index in [0.29, 0.717) is 12.8 Å². The molecule has 0 aliphatic heterocycles. The summed E-state index contributed by atoms with van der Waals surface area (Å²) < 4.78 is 9.40. The van der Waals surface area contributed by atoms with Gasteiger partial charge in [0.15, 0.2) is 0 Å². The topological polar surface area (TPSA) is 119 Å². The van der Waals surface area contributed by atoms with Gasteiger partial charge < -0.3 is 19.5 Å². The second-order valence-corrected chi connectivity index (χ2v) is 6.94. The van der Waals surface area contributed by atoms with Crippen molar-refractivity contribution in [3.05, 3.63) is 49.1 Å². The normalized spacial score (nSPS) is 18.2. The molecule has 9 nitrogen and oxygen atoms in total. The van der Waals surface area contributed by atoms with Crippen LogP contribution in [0.3, 0.4) is 0 Å². The average Bonchev–Trinajstić information content (AvgIpc) is 3.46. The van der Waals surface area contributed by atoms with Crippen LogP contribution in [0.1, 0.15) is 31.7 Å². The fraction of sp³-hybridized carbons (Fsp3) is 0.333. The number of aromatic nitrogens is 4. The van der Waals surface area contributed by atoms with E-state index in [1.54, 1.807) is 19.5 Å². The molecule has 2 heterocycles. The quantitative estimate of drug-likeness (QED) is 0.617. The molecular formula is C21H24N4O5. The number of rotatable bonds is 5. The van der Waals surface area contributed by atoms with Crippen LogP contribution in [0.5, 0.6) is 5.75 Å². The van der Waals surface area contributed by atoms with Crippen molar-refractivity contribution in [1.82, 2.24) is 19.3 Å². The Labute approximate surface area is 173 Å². The summed E-state index contributed by atoms with van der Waals surface area (Å²) in [6.45, 7) is -0.250. The van der Waals surface area contributed by atoms with Gasteiger partial charge in [-0.2, -0.15) is 5.10 Å². The van der Waals surface area contributed by atoms with Crippen LogP contribution in [0.15, 0.2) is 49.1 Å². The Morgan fingerprint density at radius 1 is 1.20 bits per heavy atom. The second-order valence-electron chi connectivity index (χ2n) is 6.94. The maximum Gasteiger partial charge on any atom is 0.306 e. The number of nitrogens with zero attached hydrogens (tertiary/aromatic N) is 4. The summed E-state index contributed by atoms with van der Waals surface area (Å²) in [5.41, 5.74) is 1.86. The van der Waals surface area contributed by atoms with Crippen molar-refractivity contribution < 1.29 is 24.5 Å². The van der Waals surface area contributed by atoms with Gasteiger partial charge in [0.1, 0.15) is 11.6 Å². The van der Waals surface area contributed by atoms with Gasteiger partial charge in [-0.3, -0.25) is 9.59 Å². The van der Waals surface area contributed by atoms with E-state index in [0.717, 1.165) is 35.7 Å². The summed E-state index contributed by atoms with van der Waals surface area (Å²) in [4.78, 5) is 24.2. The van der Waals surface area contributed by atoms with E-state index in [4.69, 9.17) is 14.6 Å². The molecule has 2 N–H and O–H groups in total. The Kier molecular flexibility index (Phi) is 6.84. The van der Waals surface area contributed by atoms with Gasteiger partial charge in [0.05, 0.1) is 18.7 Å². The molecule has 1 aromatic carbocycles. The largest absolute Gasteiger partial charge is 0.497 e. The number of carboxylic acids is 1. The third-order valence-corrected chi connectivity index (χ3v) is 5.30. The summed E-state index contributed by atoms with van der Waals surface area (Å²) in [6, 6.07) is 7.98. The number of aliphatic carboxylic acids is 1. The summed E-state index contributed by atoms with van der Waals surface area (Å²) in [7, 11) is 1.65. The lowest BCUT2D eigenvalue weighted by atomic mass is 9.86. The average molecular weight is 412 g/mol. The number of ether oxygens (including phenoxy) is 1. The molecule has 0 saturated heterocycles. The smallest absolute Gasteiger partial charge is 0.306 e. The van der Waals surface area contributed by atoms with Gasteiger partial charge >= 0.3 is 5.97 Å². The number of carbonyl (C=O) groups is 2. The highest BCUT2D eigenvalue weighted by Gasteiger charge is 2.28. The van der Waals surface area contributed by atoms with Gasteiger partial charge in [-0.15, -0.1) is 0 Å². The minimum atomic E-state index is -0.687. The molecule has 1 aliphatic carbocycles. The van der Waals surface area contributed by atoms with Crippen molar-refractivity contribution in [2.24, 2.45) is 5.92 Å². The lowest BCUT2D eigenvalue weighted by Crippen LogP contribution is -2.23. The highest BCUT2D eigenvalue weighted by atomic mass is 16.5. The number of methoxy groups -OCH3 is 1. The van der Waals surface area contributed by atoms with Crippen molar-refractivity contribution in [2.45, 2.75) is 31.7 Å². The number of benzene rings is 1. The highest BCUT2D eigenvalue weighted by Crippen LogP contribution is 2.37. The lowest BCUT2D eigenvalue weighted by molar-refractivity contribution is -0.143. The van der Waals surface area contributed by atoms with Crippen molar-refractivity contribution in [2.75, 3.05) is 7.11 Å². The molecule has 0 atom stereocenters. The van der Waals surface area contributed by atoms with Crippen LogP contribution in [0.25, 0.3) is 17.1 Å². The molecule has 0 bridgehead atoms. The number of hydrogen-bond acceptors (Lipinski definition) is 5. The fourth-order valence-corrected chi connectivity index (χ4v) is 3.85. The van der Waals surface area contributed by atoms with Crippen LogP contribution in [0.2, 0.25) is 0 Å². The molecule has 9 heteroatoms. The molecule has 1 fully saturated rings. The fourth-order valence-electron chi connectivity index (χ4n) is 3.85. The predicted molar refractivity (Wildman–Crippen MR) is 109 cm³/mol. The number of carboxylic acid groups (broad SMARTS) is 2. The Balaban J connectivity index is 0.000000806. The SMILES string of the molecule is COc1ccc(-n2cccn2)c(-c2nccn2C2CCC(C(=O)O)CC2)c1.O=CO. The zero-order chi connectivity index (χ0) is 21.5. The summed E-state index contributed by atoms with van der Waals surface area (Å²) in [5.74, 6) is 0.681. The van der Waals surface area contributed by atoms with Crippen LogP contribution in [-0.4, -0.2) is 49.1 Å². The van der Waals surface area contributed by atoms with Crippen LogP contribution in [-0.2, 0) is 9.59 Å². The van der Waals surface area contributed by atoms with E-state index in [9.17, 15) is 9.90 Å². The Bertz CT molecular complexity index is 975. The Hall–Kier alpha value is -3.62. The van der Waals surface area contributed by atoms with Gasteiger partial charge in [-0.1, -0.05) is 0 Å². The summed E-state index contributed by atoms with van der Waals surface area (Å²) in [6.07, 6.45) is 10.5. The first-order chi connectivity index (χ1) is 14.6. The minimum Gasteiger partial charge on any atom is -0.497 e. The molecule has 30 heavy (non-hydrogen) atoms. The van der Waals surface area contributed by atoms with E-state index >= 15 is 0 Å². The van der Waals surface area contributed by atoms with E-state index in [2.05, 4.69) is 14.6 Å². The predicted octanol–water partition coefficient (Wildman–Crippen LogP) is 3.26. The second kappa shape index (κ2) is 9.73. The van der Waals surface area contributed by atoms with Gasteiger partial charge in [0.25, 0.3) is 6.47 Å². The molecule has 0 amide bonds. The maximum atomic E-state index is 11.2. The number of hydrogen-bond donors (Lipinski definition) is 2. The third kappa shape index (κ3) is 4.51. The van der Waals surface area contributed by atoms with Crippen molar-refractivity contribution >= 4 is 12.4 Å². The molecule has 158 valence electrons. The van der Waals surface area contributed by atoms with Gasteiger partial charge in [0.2, 0.25) is 0 Å². The van der Waals surface area contributed by atoms with E-state index < -0.39 is 5.97 Å². The molecule has 2 aromatic heterocycles. The minimum absolute atomic E-state index is 0.232. The highest BCUT2D eigenvalue weighted by molar-refractivity contribution is 5.71. The van der Waals surface area contributed by atoms with Crippen LogP contribution >= 0.6 is 0 Å². The molecule has 0 radical (unpaired) electrons. The van der Waals surface area contributed by atoms with Gasteiger partial charge in [-0.25, -0.2) is 9.67 Å². The number of imidazole rings is 1. The van der Waals surface area contributed by atoms with Crippen LogP contribution in [0, 0.1) is 5.92 Å². The van der Waals surface area contributed by atoms with Gasteiger partial charge in [-0.05, 0) is 49.9 Å². The Morgan fingerprint density at radius 2 is 1.93 bits per heavy atom. The van der Waals surface area contributed by atoms with E-state index in [-0.39, 0.29) is 18.4 Å². The first-order valence-electron chi connectivity index (χ1n) is 9.61. The monoisotopic (exact) mass is 412 g/mol. The van der Waals surface area contributed by atoms with Crippen molar-refractivity contribution in [1.29, 1.82) is 0 Å². The summed E-state index contributed by atoms with van der Waals surface area (Å²) >= 11 is 0. The van der Waals surface area contributed by atoms with E-state index in [1.807, 2.05) is 41.3 Å².